The maximum atomic E-state index is 11.7. The molecule has 0 aliphatic heterocycles. The van der Waals surface area contributed by atoms with Crippen molar-refractivity contribution in [3.05, 3.63) is 51.7 Å². The predicted molar refractivity (Wildman–Crippen MR) is 71.0 cm³/mol. The Morgan fingerprint density at radius 3 is 3.00 bits per heavy atom. The van der Waals surface area contributed by atoms with E-state index < -0.39 is 0 Å². The first-order valence-corrected chi connectivity index (χ1v) is 6.12. The van der Waals surface area contributed by atoms with Gasteiger partial charge in [0.2, 0.25) is 0 Å². The van der Waals surface area contributed by atoms with Gasteiger partial charge in [-0.05, 0) is 25.3 Å². The van der Waals surface area contributed by atoms with E-state index in [1.54, 1.807) is 6.20 Å². The second-order valence-corrected chi connectivity index (χ2v) is 4.30. The van der Waals surface area contributed by atoms with E-state index in [9.17, 15) is 9.59 Å². The van der Waals surface area contributed by atoms with E-state index in [0.29, 0.717) is 6.54 Å². The number of carbonyl (C=O) groups is 1. The number of rotatable bonds is 5. The Morgan fingerprint density at radius 2 is 2.32 bits per heavy atom. The third kappa shape index (κ3) is 3.31. The summed E-state index contributed by atoms with van der Waals surface area (Å²) >= 11 is 0. The molecule has 0 spiro atoms. The van der Waals surface area contributed by atoms with E-state index in [1.165, 1.54) is 18.5 Å². The van der Waals surface area contributed by atoms with Crippen LogP contribution >= 0.6 is 0 Å². The van der Waals surface area contributed by atoms with E-state index in [4.69, 9.17) is 0 Å². The molecule has 6 heteroatoms. The van der Waals surface area contributed by atoms with Crippen LogP contribution in [-0.4, -0.2) is 27.6 Å². The molecule has 2 aromatic heterocycles. The van der Waals surface area contributed by atoms with Crippen molar-refractivity contribution in [2.24, 2.45) is 0 Å². The van der Waals surface area contributed by atoms with Crippen molar-refractivity contribution in [3.8, 4) is 0 Å². The number of aromatic nitrogens is 3. The molecule has 19 heavy (non-hydrogen) atoms. The monoisotopic (exact) mass is 260 g/mol. The minimum atomic E-state index is -0.342. The maximum Gasteiger partial charge on any atom is 0.256 e. The number of hydrogen-bond donors (Lipinski definition) is 3. The summed E-state index contributed by atoms with van der Waals surface area (Å²) in [5, 5.41) is 9.54. The van der Waals surface area contributed by atoms with Gasteiger partial charge >= 0.3 is 0 Å². The molecule has 100 valence electrons. The summed E-state index contributed by atoms with van der Waals surface area (Å²) in [7, 11) is 0. The van der Waals surface area contributed by atoms with Crippen LogP contribution in [-0.2, 0) is 6.42 Å². The summed E-state index contributed by atoms with van der Waals surface area (Å²) in [5.74, 6) is -0.342. The summed E-state index contributed by atoms with van der Waals surface area (Å²) in [4.78, 5) is 25.9. The number of H-pyrrole nitrogens is 2. The molecule has 0 aromatic carbocycles. The first-order valence-electron chi connectivity index (χ1n) is 6.12. The molecule has 0 bridgehead atoms. The molecule has 0 atom stereocenters. The number of aryl methyl sites for hydroxylation is 2. The molecule has 6 nitrogen and oxygen atoms in total. The topological polar surface area (TPSA) is 90.6 Å². The van der Waals surface area contributed by atoms with Crippen molar-refractivity contribution in [2.75, 3.05) is 6.54 Å². The van der Waals surface area contributed by atoms with Crippen LogP contribution in [0.2, 0.25) is 0 Å². The molecule has 1 amide bonds. The third-order valence-corrected chi connectivity index (χ3v) is 2.91. The van der Waals surface area contributed by atoms with E-state index >= 15 is 0 Å². The third-order valence-electron chi connectivity index (χ3n) is 2.91. The normalized spacial score (nSPS) is 10.4. The van der Waals surface area contributed by atoms with E-state index in [0.717, 1.165) is 24.1 Å². The fraction of sp³-hybridized carbons (Fsp3) is 0.308. The number of carbonyl (C=O) groups excluding carboxylic acids is 1. The summed E-state index contributed by atoms with van der Waals surface area (Å²) in [6, 6.07) is 1.34. The van der Waals surface area contributed by atoms with Crippen LogP contribution in [0.5, 0.6) is 0 Å². The number of hydrogen-bond acceptors (Lipinski definition) is 3. The fourth-order valence-corrected chi connectivity index (χ4v) is 1.80. The maximum absolute atomic E-state index is 11.7. The van der Waals surface area contributed by atoms with E-state index in [-0.39, 0.29) is 16.9 Å². The van der Waals surface area contributed by atoms with Crippen molar-refractivity contribution in [1.82, 2.24) is 20.5 Å². The molecule has 2 heterocycles. The molecule has 0 saturated heterocycles. The summed E-state index contributed by atoms with van der Waals surface area (Å²) in [6.45, 7) is 2.49. The number of amides is 1. The van der Waals surface area contributed by atoms with Crippen LogP contribution in [0.15, 0.2) is 29.5 Å². The van der Waals surface area contributed by atoms with Crippen LogP contribution in [0.4, 0.5) is 0 Å². The number of aromatic amines is 2. The molecule has 2 aromatic rings. The van der Waals surface area contributed by atoms with Crippen molar-refractivity contribution >= 4 is 5.91 Å². The molecule has 0 aliphatic rings. The van der Waals surface area contributed by atoms with Crippen molar-refractivity contribution in [2.45, 2.75) is 19.8 Å². The number of nitrogens with zero attached hydrogens (tertiary/aromatic N) is 1. The zero-order chi connectivity index (χ0) is 13.7. The van der Waals surface area contributed by atoms with Gasteiger partial charge in [-0.1, -0.05) is 0 Å². The lowest BCUT2D eigenvalue weighted by Crippen LogP contribution is -2.29. The lowest BCUT2D eigenvalue weighted by molar-refractivity contribution is 0.0952. The smallest absolute Gasteiger partial charge is 0.256 e. The first kappa shape index (κ1) is 13.1. The van der Waals surface area contributed by atoms with Crippen molar-refractivity contribution in [1.29, 1.82) is 0 Å². The molecule has 0 radical (unpaired) electrons. The van der Waals surface area contributed by atoms with Crippen molar-refractivity contribution in [3.63, 3.8) is 0 Å². The van der Waals surface area contributed by atoms with E-state index in [2.05, 4.69) is 20.5 Å². The van der Waals surface area contributed by atoms with Gasteiger partial charge in [-0.3, -0.25) is 14.7 Å². The minimum Gasteiger partial charge on any atom is -0.367 e. The highest BCUT2D eigenvalue weighted by atomic mass is 16.2. The summed E-state index contributed by atoms with van der Waals surface area (Å²) < 4.78 is 0. The molecule has 0 saturated carbocycles. The second kappa shape index (κ2) is 5.99. The average molecular weight is 260 g/mol. The van der Waals surface area contributed by atoms with Gasteiger partial charge < -0.3 is 10.3 Å². The fourth-order valence-electron chi connectivity index (χ4n) is 1.80. The summed E-state index contributed by atoms with van der Waals surface area (Å²) in [5.41, 5.74) is 2.06. The Hall–Kier alpha value is -2.37. The molecular weight excluding hydrogens is 244 g/mol. The van der Waals surface area contributed by atoms with Crippen LogP contribution in [0.3, 0.4) is 0 Å². The predicted octanol–water partition coefficient (Wildman–Crippen LogP) is 0.769. The number of pyridine rings is 1. The average Bonchev–Trinajstić information content (AvgIpc) is 2.80. The van der Waals surface area contributed by atoms with Crippen LogP contribution < -0.4 is 10.7 Å². The second-order valence-electron chi connectivity index (χ2n) is 4.30. The standard InChI is InChI=1S/C13H16N4O2/c1-9-10(7-16-17-9)3-2-5-15-13(19)11-8-14-6-4-12(11)18/h4,6-8H,2-3,5H2,1H3,(H,14,18)(H,15,19)(H,16,17). The van der Waals surface area contributed by atoms with Gasteiger partial charge in [0.25, 0.3) is 5.91 Å². The van der Waals surface area contributed by atoms with Crippen LogP contribution in [0.1, 0.15) is 28.0 Å². The van der Waals surface area contributed by atoms with Gasteiger partial charge in [-0.25, -0.2) is 0 Å². The van der Waals surface area contributed by atoms with Gasteiger partial charge in [0, 0.05) is 30.7 Å². The quantitative estimate of drug-likeness (QED) is 0.693. The highest BCUT2D eigenvalue weighted by Gasteiger charge is 2.08. The zero-order valence-electron chi connectivity index (χ0n) is 10.7. The minimum absolute atomic E-state index is 0.141. The molecule has 0 aliphatic carbocycles. The Bertz CT molecular complexity index is 615. The molecule has 0 unspecified atom stereocenters. The Balaban J connectivity index is 1.80. The van der Waals surface area contributed by atoms with Crippen LogP contribution in [0, 0.1) is 6.92 Å². The molecule has 0 fully saturated rings. The zero-order valence-corrected chi connectivity index (χ0v) is 10.7. The van der Waals surface area contributed by atoms with Gasteiger partial charge in [-0.15, -0.1) is 0 Å². The van der Waals surface area contributed by atoms with Crippen molar-refractivity contribution < 1.29 is 4.79 Å². The first-order chi connectivity index (χ1) is 9.18. The Labute approximate surface area is 110 Å². The van der Waals surface area contributed by atoms with Gasteiger partial charge in [-0.2, -0.15) is 5.10 Å². The lowest BCUT2D eigenvalue weighted by atomic mass is 10.1. The van der Waals surface area contributed by atoms with Gasteiger partial charge in [0.15, 0.2) is 5.43 Å². The highest BCUT2D eigenvalue weighted by molar-refractivity contribution is 5.93. The number of nitrogens with one attached hydrogen (secondary N) is 3. The molecule has 3 N–H and O–H groups in total. The largest absolute Gasteiger partial charge is 0.367 e. The SMILES string of the molecule is Cc1[nH]ncc1CCCNC(=O)c1c[nH]ccc1=O. The Morgan fingerprint density at radius 1 is 1.47 bits per heavy atom. The summed E-state index contributed by atoms with van der Waals surface area (Å²) in [6.07, 6.45) is 6.35. The van der Waals surface area contributed by atoms with E-state index in [1.807, 2.05) is 6.92 Å². The molecular formula is C13H16N4O2. The Kier molecular flexibility index (Phi) is 4.12. The van der Waals surface area contributed by atoms with Crippen LogP contribution in [0.25, 0.3) is 0 Å². The molecule has 2 rings (SSSR count). The van der Waals surface area contributed by atoms with Gasteiger partial charge in [0.1, 0.15) is 5.56 Å². The lowest BCUT2D eigenvalue weighted by Gasteiger charge is -2.04. The highest BCUT2D eigenvalue weighted by Crippen LogP contribution is 2.05. The van der Waals surface area contributed by atoms with Gasteiger partial charge in [0.05, 0.1) is 6.20 Å².